The van der Waals surface area contributed by atoms with Crippen LogP contribution in [0.4, 0.5) is 0 Å². The van der Waals surface area contributed by atoms with Gasteiger partial charge >= 0.3 is 0 Å². The fourth-order valence-corrected chi connectivity index (χ4v) is 4.23. The van der Waals surface area contributed by atoms with Crippen molar-refractivity contribution in [1.29, 1.82) is 0 Å². The summed E-state index contributed by atoms with van der Waals surface area (Å²) in [6.45, 7) is 6.26. The van der Waals surface area contributed by atoms with Crippen molar-refractivity contribution in [2.45, 2.75) is 37.4 Å². The highest BCUT2D eigenvalue weighted by molar-refractivity contribution is 5.76. The Morgan fingerprint density at radius 1 is 1.16 bits per heavy atom. The number of piperidine rings is 1. The normalized spacial score (nSPS) is 31.0. The predicted molar refractivity (Wildman–Crippen MR) is 92.4 cm³/mol. The lowest BCUT2D eigenvalue weighted by Gasteiger charge is -2.43. The van der Waals surface area contributed by atoms with E-state index < -0.39 is 5.60 Å². The van der Waals surface area contributed by atoms with Gasteiger partial charge in [0.25, 0.3) is 0 Å². The van der Waals surface area contributed by atoms with Crippen LogP contribution in [0, 0.1) is 5.92 Å². The summed E-state index contributed by atoms with van der Waals surface area (Å²) in [5.74, 6) is 0.375. The van der Waals surface area contributed by atoms with Crippen molar-refractivity contribution < 1.29 is 24.1 Å². The Kier molecular flexibility index (Phi) is 6.68. The van der Waals surface area contributed by atoms with Crippen LogP contribution in [-0.4, -0.2) is 98.8 Å². The zero-order valence-corrected chi connectivity index (χ0v) is 15.3. The number of aliphatic hydroxyl groups is 1. The molecular formula is C18H32N2O5. The van der Waals surface area contributed by atoms with Crippen LogP contribution in [0.25, 0.3) is 0 Å². The lowest BCUT2D eigenvalue weighted by Crippen LogP contribution is -2.53. The number of carbonyl (C=O) groups excluding carboxylic acids is 1. The molecule has 0 aromatic rings. The second-order valence-corrected chi connectivity index (χ2v) is 7.59. The molecular weight excluding hydrogens is 324 g/mol. The van der Waals surface area contributed by atoms with Crippen LogP contribution in [0.5, 0.6) is 0 Å². The van der Waals surface area contributed by atoms with Crippen molar-refractivity contribution in [2.75, 3.05) is 66.3 Å². The molecule has 0 spiro atoms. The van der Waals surface area contributed by atoms with Crippen molar-refractivity contribution in [1.82, 2.24) is 9.80 Å². The summed E-state index contributed by atoms with van der Waals surface area (Å²) in [6.07, 6.45) is 2.91. The summed E-state index contributed by atoms with van der Waals surface area (Å²) >= 11 is 0. The molecule has 2 atom stereocenters. The summed E-state index contributed by atoms with van der Waals surface area (Å²) in [4.78, 5) is 16.8. The van der Waals surface area contributed by atoms with E-state index in [0.717, 1.165) is 19.5 Å². The first-order chi connectivity index (χ1) is 12.1. The largest absolute Gasteiger partial charge is 0.388 e. The number of rotatable bonds is 5. The van der Waals surface area contributed by atoms with Gasteiger partial charge in [0.15, 0.2) is 0 Å². The summed E-state index contributed by atoms with van der Waals surface area (Å²) in [5.41, 5.74) is -0.656. The number of likely N-dealkylation sites (tertiary alicyclic amines) is 1. The Balaban J connectivity index is 1.55. The number of hydrogen-bond donors (Lipinski definition) is 1. The Morgan fingerprint density at radius 3 is 2.52 bits per heavy atom. The minimum absolute atomic E-state index is 0.116. The number of amides is 1. The molecule has 3 rings (SSSR count). The van der Waals surface area contributed by atoms with E-state index in [0.29, 0.717) is 65.3 Å². The molecule has 0 aromatic heterocycles. The van der Waals surface area contributed by atoms with Gasteiger partial charge in [-0.3, -0.25) is 9.69 Å². The number of morpholine rings is 1. The molecule has 3 aliphatic rings. The van der Waals surface area contributed by atoms with Gasteiger partial charge in [-0.15, -0.1) is 0 Å². The van der Waals surface area contributed by atoms with Crippen LogP contribution in [0.3, 0.4) is 0 Å². The van der Waals surface area contributed by atoms with E-state index in [1.807, 2.05) is 4.90 Å². The summed E-state index contributed by atoms with van der Waals surface area (Å²) in [6, 6.07) is 0. The lowest BCUT2D eigenvalue weighted by molar-refractivity contribution is -0.139. The van der Waals surface area contributed by atoms with Crippen molar-refractivity contribution in [3.05, 3.63) is 0 Å². The van der Waals surface area contributed by atoms with Gasteiger partial charge in [-0.2, -0.15) is 0 Å². The third-order valence-electron chi connectivity index (χ3n) is 5.79. The third-order valence-corrected chi connectivity index (χ3v) is 5.79. The second kappa shape index (κ2) is 8.77. The zero-order chi connectivity index (χ0) is 17.7. The highest BCUT2D eigenvalue weighted by Crippen LogP contribution is 2.28. The first-order valence-electron chi connectivity index (χ1n) is 9.50. The molecule has 25 heavy (non-hydrogen) atoms. The van der Waals surface area contributed by atoms with E-state index in [9.17, 15) is 9.90 Å². The maximum atomic E-state index is 12.6. The molecule has 3 aliphatic heterocycles. The highest BCUT2D eigenvalue weighted by Gasteiger charge is 2.37. The van der Waals surface area contributed by atoms with Crippen molar-refractivity contribution >= 4 is 5.91 Å². The first kappa shape index (κ1) is 19.0. The number of carbonyl (C=O) groups is 1. The Bertz CT molecular complexity index is 435. The van der Waals surface area contributed by atoms with Gasteiger partial charge in [-0.1, -0.05) is 0 Å². The van der Waals surface area contributed by atoms with Crippen LogP contribution in [0.1, 0.15) is 25.7 Å². The van der Waals surface area contributed by atoms with E-state index >= 15 is 0 Å². The maximum Gasteiger partial charge on any atom is 0.223 e. The number of β-amino-alcohol motifs (C(OH)–C–C–N with tert-alkyl or cyclic N) is 1. The van der Waals surface area contributed by atoms with Crippen molar-refractivity contribution in [3.8, 4) is 0 Å². The van der Waals surface area contributed by atoms with Crippen LogP contribution in [0.2, 0.25) is 0 Å². The Labute approximate surface area is 150 Å². The first-order valence-corrected chi connectivity index (χ1v) is 9.50. The average molecular weight is 356 g/mol. The number of methoxy groups -OCH3 is 1. The van der Waals surface area contributed by atoms with Gasteiger partial charge < -0.3 is 24.2 Å². The molecule has 7 heteroatoms. The minimum Gasteiger partial charge on any atom is -0.388 e. The Morgan fingerprint density at radius 2 is 1.84 bits per heavy atom. The molecule has 144 valence electrons. The van der Waals surface area contributed by atoms with Gasteiger partial charge in [0.05, 0.1) is 24.9 Å². The molecule has 0 bridgehead atoms. The summed E-state index contributed by atoms with van der Waals surface area (Å²) < 4.78 is 16.4. The molecule has 7 nitrogen and oxygen atoms in total. The molecule has 3 fully saturated rings. The molecule has 1 N–H and O–H groups in total. The minimum atomic E-state index is -0.656. The highest BCUT2D eigenvalue weighted by atomic mass is 16.5. The van der Waals surface area contributed by atoms with Crippen LogP contribution < -0.4 is 0 Å². The number of nitrogens with zero attached hydrogens (tertiary/aromatic N) is 2. The van der Waals surface area contributed by atoms with Crippen LogP contribution in [0.15, 0.2) is 0 Å². The van der Waals surface area contributed by atoms with Crippen LogP contribution >= 0.6 is 0 Å². The maximum absolute atomic E-state index is 12.6. The predicted octanol–water partition coefficient (Wildman–Crippen LogP) is 0.114. The SMILES string of the molecule is CO[C@@H]1CCN(CC2(O)CCOCC2)C[C@H]1CC(=O)N1CCOCC1. The van der Waals surface area contributed by atoms with Gasteiger partial charge in [-0.25, -0.2) is 0 Å². The number of ether oxygens (including phenoxy) is 3. The molecule has 3 heterocycles. The smallest absolute Gasteiger partial charge is 0.223 e. The summed E-state index contributed by atoms with van der Waals surface area (Å²) in [5, 5.41) is 10.8. The molecule has 0 aromatic carbocycles. The topological polar surface area (TPSA) is 71.5 Å². The van der Waals surface area contributed by atoms with Crippen molar-refractivity contribution in [3.63, 3.8) is 0 Å². The second-order valence-electron chi connectivity index (χ2n) is 7.59. The summed E-state index contributed by atoms with van der Waals surface area (Å²) in [7, 11) is 1.73. The number of hydrogen-bond acceptors (Lipinski definition) is 6. The molecule has 0 unspecified atom stereocenters. The van der Waals surface area contributed by atoms with Gasteiger partial charge in [0, 0.05) is 78.2 Å². The quantitative estimate of drug-likeness (QED) is 0.754. The molecule has 0 saturated carbocycles. The monoisotopic (exact) mass is 356 g/mol. The third kappa shape index (κ3) is 5.14. The molecule has 0 radical (unpaired) electrons. The van der Waals surface area contributed by atoms with E-state index in [1.54, 1.807) is 7.11 Å². The van der Waals surface area contributed by atoms with Gasteiger partial charge in [0.1, 0.15) is 0 Å². The van der Waals surface area contributed by atoms with Gasteiger partial charge in [0.2, 0.25) is 5.91 Å². The average Bonchev–Trinajstić information content (AvgIpc) is 2.63. The van der Waals surface area contributed by atoms with Crippen LogP contribution in [-0.2, 0) is 19.0 Å². The van der Waals surface area contributed by atoms with E-state index in [2.05, 4.69) is 4.90 Å². The zero-order valence-electron chi connectivity index (χ0n) is 15.3. The van der Waals surface area contributed by atoms with E-state index in [1.165, 1.54) is 0 Å². The molecule has 1 amide bonds. The van der Waals surface area contributed by atoms with E-state index in [4.69, 9.17) is 14.2 Å². The lowest BCUT2D eigenvalue weighted by atomic mass is 9.88. The fourth-order valence-electron chi connectivity index (χ4n) is 4.23. The standard InChI is InChI=1S/C18H32N2O5/c1-23-16-2-5-19(14-18(22)3-8-24-9-4-18)13-15(16)12-17(21)20-6-10-25-11-7-20/h15-16,22H,2-14H2,1H3/t15-,16-/m1/s1. The fraction of sp³-hybridized carbons (Fsp3) is 0.944. The van der Waals surface area contributed by atoms with E-state index in [-0.39, 0.29) is 17.9 Å². The molecule has 3 saturated heterocycles. The van der Waals surface area contributed by atoms with Crippen molar-refractivity contribution in [2.24, 2.45) is 5.92 Å². The Hall–Kier alpha value is -0.730. The molecule has 0 aliphatic carbocycles. The van der Waals surface area contributed by atoms with Gasteiger partial charge in [-0.05, 0) is 6.42 Å².